The van der Waals surface area contributed by atoms with E-state index in [0.29, 0.717) is 13.0 Å². The lowest BCUT2D eigenvalue weighted by molar-refractivity contribution is -0.116. The summed E-state index contributed by atoms with van der Waals surface area (Å²) in [5.74, 6) is 1.94. The first-order valence-electron chi connectivity index (χ1n) is 14.2. The largest absolute Gasteiger partial charge is 0.347 e. The minimum absolute atomic E-state index is 0.0124. The molecule has 1 fully saturated rings. The van der Waals surface area contributed by atoms with Crippen LogP contribution in [0.1, 0.15) is 42.6 Å². The second kappa shape index (κ2) is 14.2. The summed E-state index contributed by atoms with van der Waals surface area (Å²) < 4.78 is 0. The highest BCUT2D eigenvalue weighted by Crippen LogP contribution is 2.20. The van der Waals surface area contributed by atoms with Crippen LogP contribution in [0.3, 0.4) is 0 Å². The van der Waals surface area contributed by atoms with Crippen molar-refractivity contribution < 1.29 is 4.79 Å². The van der Waals surface area contributed by atoms with E-state index in [1.165, 1.54) is 24.8 Å². The van der Waals surface area contributed by atoms with Gasteiger partial charge < -0.3 is 15.2 Å². The zero-order valence-electron chi connectivity index (χ0n) is 23.0. The zero-order valence-corrected chi connectivity index (χ0v) is 23.0. The quantitative estimate of drug-likeness (QED) is 0.177. The Balaban J connectivity index is 1.32. The molecule has 0 spiro atoms. The van der Waals surface area contributed by atoms with Gasteiger partial charge in [-0.05, 0) is 67.7 Å². The molecular weight excluding hydrogens is 496 g/mol. The second-order valence-corrected chi connectivity index (χ2v) is 10.3. The summed E-state index contributed by atoms with van der Waals surface area (Å²) >= 11 is 0. The minimum Gasteiger partial charge on any atom is -0.347 e. The number of aliphatic imine (C=N–C) groups is 1. The molecule has 0 saturated carbocycles. The molecule has 7 heteroatoms. The van der Waals surface area contributed by atoms with Gasteiger partial charge in [0.15, 0.2) is 0 Å². The van der Waals surface area contributed by atoms with Crippen LogP contribution in [0.25, 0.3) is 0 Å². The fourth-order valence-corrected chi connectivity index (χ4v) is 5.03. The third-order valence-corrected chi connectivity index (χ3v) is 7.18. The van der Waals surface area contributed by atoms with Crippen molar-refractivity contribution in [3.63, 3.8) is 0 Å². The van der Waals surface area contributed by atoms with Gasteiger partial charge in [-0.3, -0.25) is 9.69 Å². The fourth-order valence-electron chi connectivity index (χ4n) is 5.03. The van der Waals surface area contributed by atoms with Crippen molar-refractivity contribution in [2.24, 2.45) is 4.99 Å². The Kier molecular flexibility index (Phi) is 9.73. The molecule has 7 nitrogen and oxygen atoms in total. The fraction of sp³-hybridized carbons (Fsp3) is 0.303. The summed E-state index contributed by atoms with van der Waals surface area (Å²) in [7, 11) is 0. The molecular formula is C33H38N6O. The normalized spacial score (nSPS) is 14.2. The van der Waals surface area contributed by atoms with Crippen LogP contribution in [-0.4, -0.2) is 51.1 Å². The average molecular weight is 535 g/mol. The van der Waals surface area contributed by atoms with E-state index >= 15 is 0 Å². The molecule has 1 aliphatic rings. The molecule has 1 aliphatic heterocycles. The number of benzene rings is 3. The number of piperidine rings is 1. The van der Waals surface area contributed by atoms with Gasteiger partial charge in [0.25, 0.3) is 0 Å². The number of carbonyl (C=O) groups is 1. The number of hydrogen-bond acceptors (Lipinski definition) is 4. The molecule has 5 rings (SSSR count). The SMILES string of the molecule is O=C(CCc1ccccc1)Nc1ccc(N=C(CN2CCCCC2)N(Cc2ccccc2)Cc2ncc[nH]2)cc1. The molecule has 40 heavy (non-hydrogen) atoms. The number of amidine groups is 1. The number of aryl methyl sites for hydroxylation is 1. The molecule has 1 saturated heterocycles. The van der Waals surface area contributed by atoms with Gasteiger partial charge in [-0.25, -0.2) is 9.98 Å². The van der Waals surface area contributed by atoms with E-state index in [1.54, 1.807) is 6.20 Å². The number of nitrogens with zero attached hydrogens (tertiary/aromatic N) is 4. The van der Waals surface area contributed by atoms with Crippen LogP contribution in [0.2, 0.25) is 0 Å². The predicted molar refractivity (Wildman–Crippen MR) is 161 cm³/mol. The topological polar surface area (TPSA) is 76.6 Å². The molecule has 0 unspecified atom stereocenters. The van der Waals surface area contributed by atoms with E-state index in [2.05, 4.69) is 61.5 Å². The van der Waals surface area contributed by atoms with E-state index in [-0.39, 0.29) is 5.91 Å². The van der Waals surface area contributed by atoms with Crippen LogP contribution < -0.4 is 5.32 Å². The van der Waals surface area contributed by atoms with E-state index in [1.807, 2.05) is 54.7 Å². The van der Waals surface area contributed by atoms with Crippen LogP contribution in [0.15, 0.2) is 102 Å². The van der Waals surface area contributed by atoms with Crippen LogP contribution in [0.5, 0.6) is 0 Å². The van der Waals surface area contributed by atoms with Gasteiger partial charge in [0.05, 0.1) is 18.8 Å². The number of amides is 1. The maximum Gasteiger partial charge on any atom is 0.224 e. The number of hydrogen-bond donors (Lipinski definition) is 2. The number of aromatic nitrogens is 2. The highest BCUT2D eigenvalue weighted by atomic mass is 16.1. The van der Waals surface area contributed by atoms with E-state index in [9.17, 15) is 4.79 Å². The number of likely N-dealkylation sites (tertiary alicyclic amines) is 1. The van der Waals surface area contributed by atoms with Gasteiger partial charge in [-0.2, -0.15) is 0 Å². The maximum atomic E-state index is 12.5. The lowest BCUT2D eigenvalue weighted by atomic mass is 10.1. The van der Waals surface area contributed by atoms with Gasteiger partial charge in [-0.15, -0.1) is 0 Å². The number of carbonyl (C=O) groups excluding carboxylic acids is 1. The van der Waals surface area contributed by atoms with Crippen LogP contribution in [0.4, 0.5) is 11.4 Å². The summed E-state index contributed by atoms with van der Waals surface area (Å²) in [6, 6.07) is 28.4. The zero-order chi connectivity index (χ0) is 27.4. The molecule has 3 aromatic carbocycles. The smallest absolute Gasteiger partial charge is 0.224 e. The molecule has 2 heterocycles. The van der Waals surface area contributed by atoms with Crippen molar-refractivity contribution in [3.8, 4) is 0 Å². The van der Waals surface area contributed by atoms with Crippen LogP contribution >= 0.6 is 0 Å². The Morgan fingerprint density at radius 2 is 1.57 bits per heavy atom. The molecule has 0 atom stereocenters. The highest BCUT2D eigenvalue weighted by molar-refractivity contribution is 5.91. The van der Waals surface area contributed by atoms with E-state index < -0.39 is 0 Å². The highest BCUT2D eigenvalue weighted by Gasteiger charge is 2.19. The third kappa shape index (κ3) is 8.38. The summed E-state index contributed by atoms with van der Waals surface area (Å²) in [5.41, 5.74) is 4.05. The number of rotatable bonds is 11. The van der Waals surface area contributed by atoms with E-state index in [0.717, 1.165) is 61.2 Å². The summed E-state index contributed by atoms with van der Waals surface area (Å²) in [5, 5.41) is 3.03. The molecule has 1 aromatic heterocycles. The first-order chi connectivity index (χ1) is 19.7. The monoisotopic (exact) mass is 534 g/mol. The lowest BCUT2D eigenvalue weighted by Crippen LogP contribution is -2.42. The molecule has 206 valence electrons. The maximum absolute atomic E-state index is 12.5. The number of nitrogens with one attached hydrogen (secondary N) is 2. The van der Waals surface area contributed by atoms with Gasteiger partial charge >= 0.3 is 0 Å². The summed E-state index contributed by atoms with van der Waals surface area (Å²) in [6.07, 6.45) is 8.58. The Labute approximate surface area is 237 Å². The molecule has 0 radical (unpaired) electrons. The number of H-pyrrole nitrogens is 1. The standard InChI is InChI=1S/C33H38N6O/c40-33(19-14-27-10-4-1-5-11-27)37-30-17-15-29(16-18-30)36-32(26-38-22-8-3-9-23-38)39(25-31-34-20-21-35-31)24-28-12-6-2-7-13-28/h1-2,4-7,10-13,15-18,20-21H,3,8-9,14,19,22-26H2,(H,34,35)(H,37,40). The minimum atomic E-state index is 0.0124. The van der Waals surface area contributed by atoms with Crippen molar-refractivity contribution in [2.75, 3.05) is 25.0 Å². The van der Waals surface area contributed by atoms with Crippen LogP contribution in [-0.2, 0) is 24.3 Å². The van der Waals surface area contributed by atoms with Gasteiger partial charge in [-0.1, -0.05) is 67.1 Å². The Hall–Kier alpha value is -4.23. The van der Waals surface area contributed by atoms with Crippen molar-refractivity contribution in [2.45, 2.75) is 45.2 Å². The van der Waals surface area contributed by atoms with Crippen molar-refractivity contribution in [1.82, 2.24) is 19.8 Å². The number of anilines is 1. The Bertz CT molecular complexity index is 1330. The van der Waals surface area contributed by atoms with Crippen LogP contribution in [0, 0.1) is 0 Å². The van der Waals surface area contributed by atoms with E-state index in [4.69, 9.17) is 4.99 Å². The predicted octanol–water partition coefficient (Wildman–Crippen LogP) is 6.20. The molecule has 1 amide bonds. The van der Waals surface area contributed by atoms with Gasteiger partial charge in [0.1, 0.15) is 11.7 Å². The molecule has 4 aromatic rings. The lowest BCUT2D eigenvalue weighted by Gasteiger charge is -2.32. The molecule has 0 aliphatic carbocycles. The number of aromatic amines is 1. The molecule has 2 N–H and O–H groups in total. The number of imidazole rings is 1. The van der Waals surface area contributed by atoms with Crippen molar-refractivity contribution in [3.05, 3.63) is 114 Å². The van der Waals surface area contributed by atoms with Gasteiger partial charge in [0.2, 0.25) is 5.91 Å². The van der Waals surface area contributed by atoms with Crippen molar-refractivity contribution in [1.29, 1.82) is 0 Å². The van der Waals surface area contributed by atoms with Crippen molar-refractivity contribution >= 4 is 23.1 Å². The first kappa shape index (κ1) is 27.3. The summed E-state index contributed by atoms with van der Waals surface area (Å²) in [4.78, 5) is 30.3. The summed E-state index contributed by atoms with van der Waals surface area (Å²) in [6.45, 7) is 4.35. The molecule has 0 bridgehead atoms. The second-order valence-electron chi connectivity index (χ2n) is 10.3. The first-order valence-corrected chi connectivity index (χ1v) is 14.2. The average Bonchev–Trinajstić information content (AvgIpc) is 3.51. The van der Waals surface area contributed by atoms with Gasteiger partial charge in [0, 0.05) is 31.0 Å². The Morgan fingerprint density at radius 3 is 2.25 bits per heavy atom. The Morgan fingerprint density at radius 1 is 0.875 bits per heavy atom. The third-order valence-electron chi connectivity index (χ3n) is 7.18.